The lowest BCUT2D eigenvalue weighted by Crippen LogP contribution is -2.36. The largest absolute Gasteiger partial charge is 0.618 e. The number of benzene rings is 1. The molecule has 0 radical (unpaired) electrons. The maximum absolute atomic E-state index is 15.2. The Kier molecular flexibility index (Phi) is 7.70. The molecule has 17 heteroatoms. The standard InChI is InChI=1S/C23H17ClF5N9O2/c24-15-2-4-18(37-12-31-33-34-37)20(21(15)25)13-1-3-17(38(39)10-13)16(5-6-40-23(28)29)36-9-14(7-32-36)19-8-30-11-35(19)22(26)27/h1-4,7-12,16,22-23H,5-6H2/t16-/m1/s1. The first-order chi connectivity index (χ1) is 19.2. The van der Waals surface area contributed by atoms with E-state index in [1.54, 1.807) is 0 Å². The first-order valence-corrected chi connectivity index (χ1v) is 11.8. The number of imidazole rings is 1. The number of pyridine rings is 1. The Morgan fingerprint density at radius 3 is 2.58 bits per heavy atom. The number of rotatable bonds is 10. The van der Waals surface area contributed by atoms with Gasteiger partial charge in [-0.1, -0.05) is 11.6 Å². The van der Waals surface area contributed by atoms with Crippen LogP contribution in [0, 0.1) is 11.0 Å². The van der Waals surface area contributed by atoms with E-state index in [2.05, 4.69) is 30.3 Å². The Hall–Kier alpha value is -4.44. The molecule has 1 aromatic carbocycles. The zero-order valence-electron chi connectivity index (χ0n) is 20.0. The van der Waals surface area contributed by atoms with Crippen LogP contribution in [0.2, 0.25) is 5.02 Å². The molecule has 0 saturated carbocycles. The van der Waals surface area contributed by atoms with Gasteiger partial charge < -0.3 is 9.94 Å². The molecule has 0 saturated heterocycles. The van der Waals surface area contributed by atoms with Crippen LogP contribution in [-0.4, -0.2) is 52.8 Å². The molecule has 0 spiro atoms. The van der Waals surface area contributed by atoms with Gasteiger partial charge in [-0.05, 0) is 28.6 Å². The summed E-state index contributed by atoms with van der Waals surface area (Å²) in [5.41, 5.74) is 0.599. The molecule has 5 rings (SSSR count). The van der Waals surface area contributed by atoms with Crippen LogP contribution in [0.4, 0.5) is 22.0 Å². The molecule has 0 bridgehead atoms. The van der Waals surface area contributed by atoms with E-state index in [1.165, 1.54) is 58.5 Å². The van der Waals surface area contributed by atoms with Crippen molar-refractivity contribution >= 4 is 11.6 Å². The molecule has 5 aromatic rings. The van der Waals surface area contributed by atoms with Gasteiger partial charge in [-0.3, -0.25) is 9.25 Å². The highest BCUT2D eigenvalue weighted by Gasteiger charge is 2.27. The van der Waals surface area contributed by atoms with Crippen LogP contribution in [0.5, 0.6) is 0 Å². The second-order valence-corrected chi connectivity index (χ2v) is 8.69. The summed E-state index contributed by atoms with van der Waals surface area (Å²) in [6, 6.07) is 4.61. The van der Waals surface area contributed by atoms with Crippen molar-refractivity contribution < 1.29 is 31.4 Å². The molecular formula is C23H17ClF5N9O2. The average molecular weight is 582 g/mol. The molecule has 0 N–H and O–H groups in total. The number of aromatic nitrogens is 9. The normalized spacial score (nSPS) is 12.5. The highest BCUT2D eigenvalue weighted by atomic mass is 35.5. The van der Waals surface area contributed by atoms with Gasteiger partial charge in [0.05, 0.1) is 52.9 Å². The van der Waals surface area contributed by atoms with Crippen LogP contribution in [0.25, 0.3) is 28.1 Å². The SMILES string of the molecule is [O-][n+]1cc(-c2c(-n3cnnn3)ccc(Cl)c2F)ccc1[C@@H](CCOC(F)F)n1cc(-c2cncn2C(F)F)cn1. The van der Waals surface area contributed by atoms with Crippen LogP contribution >= 0.6 is 11.6 Å². The maximum atomic E-state index is 15.2. The van der Waals surface area contributed by atoms with Crippen LogP contribution in [0.1, 0.15) is 24.7 Å². The van der Waals surface area contributed by atoms with E-state index >= 15 is 4.39 Å². The molecule has 0 aliphatic rings. The van der Waals surface area contributed by atoms with Crippen molar-refractivity contribution in [1.29, 1.82) is 0 Å². The third kappa shape index (κ3) is 5.35. The molecule has 0 unspecified atom stereocenters. The van der Waals surface area contributed by atoms with Gasteiger partial charge >= 0.3 is 13.2 Å². The van der Waals surface area contributed by atoms with Gasteiger partial charge in [0.25, 0.3) is 0 Å². The number of tetrazole rings is 1. The number of halogens is 6. The van der Waals surface area contributed by atoms with Crippen molar-refractivity contribution in [3.63, 3.8) is 0 Å². The first-order valence-electron chi connectivity index (χ1n) is 11.4. The summed E-state index contributed by atoms with van der Waals surface area (Å²) in [6.07, 6.45) is 7.00. The Morgan fingerprint density at radius 2 is 1.88 bits per heavy atom. The fourth-order valence-electron chi connectivity index (χ4n) is 4.18. The zero-order valence-corrected chi connectivity index (χ0v) is 20.8. The summed E-state index contributed by atoms with van der Waals surface area (Å²) >= 11 is 6.00. The third-order valence-electron chi connectivity index (χ3n) is 5.97. The molecule has 4 heterocycles. The highest BCUT2D eigenvalue weighted by Crippen LogP contribution is 2.34. The third-order valence-corrected chi connectivity index (χ3v) is 6.26. The monoisotopic (exact) mass is 581 g/mol. The van der Waals surface area contributed by atoms with Crippen molar-refractivity contribution in [3.8, 4) is 28.1 Å². The van der Waals surface area contributed by atoms with Gasteiger partial charge in [-0.25, -0.2) is 9.37 Å². The lowest BCUT2D eigenvalue weighted by molar-refractivity contribution is -0.615. The summed E-state index contributed by atoms with van der Waals surface area (Å²) in [6.45, 7) is -6.37. The van der Waals surface area contributed by atoms with Crippen LogP contribution in [0.3, 0.4) is 0 Å². The van der Waals surface area contributed by atoms with Gasteiger partial charge in [0.15, 0.2) is 12.0 Å². The predicted octanol–water partition coefficient (Wildman–Crippen LogP) is 4.43. The molecule has 0 amide bonds. The predicted molar refractivity (Wildman–Crippen MR) is 128 cm³/mol. The Morgan fingerprint density at radius 1 is 1.05 bits per heavy atom. The lowest BCUT2D eigenvalue weighted by atomic mass is 10.0. The minimum atomic E-state index is -3.05. The van der Waals surface area contributed by atoms with E-state index < -0.39 is 31.6 Å². The second kappa shape index (κ2) is 11.4. The fourth-order valence-corrected chi connectivity index (χ4v) is 4.34. The first kappa shape index (κ1) is 27.1. The Balaban J connectivity index is 1.54. The van der Waals surface area contributed by atoms with E-state index in [1.807, 2.05) is 0 Å². The molecular weight excluding hydrogens is 565 g/mol. The molecule has 4 aromatic heterocycles. The Labute approximate surface area is 226 Å². The van der Waals surface area contributed by atoms with E-state index in [9.17, 15) is 22.8 Å². The number of hydrogen-bond donors (Lipinski definition) is 0. The second-order valence-electron chi connectivity index (χ2n) is 8.29. The minimum absolute atomic E-state index is 0.0324. The average Bonchev–Trinajstić information content (AvgIpc) is 3.70. The van der Waals surface area contributed by atoms with Gasteiger partial charge in [-0.15, -0.1) is 5.10 Å². The summed E-state index contributed by atoms with van der Waals surface area (Å²) in [4.78, 5) is 3.73. The van der Waals surface area contributed by atoms with Crippen molar-refractivity contribution in [2.24, 2.45) is 0 Å². The maximum Gasteiger partial charge on any atom is 0.345 e. The fraction of sp³-hybridized carbons (Fsp3) is 0.217. The molecule has 1 atom stereocenters. The molecule has 0 aliphatic heterocycles. The smallest absolute Gasteiger partial charge is 0.345 e. The van der Waals surface area contributed by atoms with Gasteiger partial charge in [-0.2, -0.15) is 32.1 Å². The van der Waals surface area contributed by atoms with E-state index in [0.717, 1.165) is 12.5 Å². The van der Waals surface area contributed by atoms with E-state index in [-0.39, 0.29) is 45.2 Å². The molecule has 0 fully saturated rings. The molecule has 0 aliphatic carbocycles. The van der Waals surface area contributed by atoms with Crippen LogP contribution < -0.4 is 4.73 Å². The van der Waals surface area contributed by atoms with Crippen molar-refractivity contribution in [2.75, 3.05) is 6.61 Å². The Bertz CT molecular complexity index is 1610. The van der Waals surface area contributed by atoms with Gasteiger partial charge in [0, 0.05) is 24.2 Å². The number of alkyl halides is 4. The lowest BCUT2D eigenvalue weighted by Gasteiger charge is -2.18. The number of hydrogen-bond acceptors (Lipinski definition) is 7. The summed E-state index contributed by atoms with van der Waals surface area (Å²) in [5, 5.41) is 28.1. The summed E-state index contributed by atoms with van der Waals surface area (Å²) in [5.74, 6) is -0.823. The van der Waals surface area contributed by atoms with Crippen LogP contribution in [-0.2, 0) is 4.74 Å². The minimum Gasteiger partial charge on any atom is -0.618 e. The van der Waals surface area contributed by atoms with E-state index in [0.29, 0.717) is 9.30 Å². The zero-order chi connectivity index (χ0) is 28.4. The number of ether oxygens (including phenoxy) is 1. The highest BCUT2D eigenvalue weighted by molar-refractivity contribution is 6.31. The molecule has 40 heavy (non-hydrogen) atoms. The quantitative estimate of drug-likeness (QED) is 0.136. The molecule has 208 valence electrons. The summed E-state index contributed by atoms with van der Waals surface area (Å²) < 4.78 is 75.1. The summed E-state index contributed by atoms with van der Waals surface area (Å²) in [7, 11) is 0. The number of nitrogens with zero attached hydrogens (tertiary/aromatic N) is 9. The van der Waals surface area contributed by atoms with Crippen molar-refractivity contribution in [2.45, 2.75) is 25.6 Å². The van der Waals surface area contributed by atoms with Crippen LogP contribution in [0.15, 0.2) is 61.7 Å². The topological polar surface area (TPSA) is 115 Å². The van der Waals surface area contributed by atoms with Crippen molar-refractivity contribution in [1.82, 2.24) is 39.5 Å². The van der Waals surface area contributed by atoms with Gasteiger partial charge in [0.2, 0.25) is 5.69 Å². The molecule has 11 nitrogen and oxygen atoms in total. The van der Waals surface area contributed by atoms with E-state index in [4.69, 9.17) is 11.6 Å². The van der Waals surface area contributed by atoms with Crippen molar-refractivity contribution in [3.05, 3.63) is 83.4 Å². The van der Waals surface area contributed by atoms with Gasteiger partial charge in [0.1, 0.15) is 12.4 Å².